The highest BCUT2D eigenvalue weighted by molar-refractivity contribution is 5.66. The van der Waals surface area contributed by atoms with Crippen LogP contribution in [0.15, 0.2) is 42.7 Å². The molecule has 0 spiro atoms. The van der Waals surface area contributed by atoms with Crippen LogP contribution in [0.25, 0.3) is 0 Å². The molecule has 0 aliphatic rings. The Morgan fingerprint density at radius 2 is 1.93 bits per heavy atom. The summed E-state index contributed by atoms with van der Waals surface area (Å²) in [7, 11) is 0. The highest BCUT2D eigenvalue weighted by Gasteiger charge is 2.01. The molecule has 27 heavy (non-hydrogen) atoms. The van der Waals surface area contributed by atoms with Crippen LogP contribution in [0.5, 0.6) is 0 Å². The molecular formula is C19H26N6O2. The Kier molecular flexibility index (Phi) is 8.68. The van der Waals surface area contributed by atoms with E-state index in [1.54, 1.807) is 6.20 Å². The zero-order valence-electron chi connectivity index (χ0n) is 15.6. The molecule has 3 aromatic rings. The number of aromatic amines is 1. The third-order valence-electron chi connectivity index (χ3n) is 3.85. The average molecular weight is 370 g/mol. The van der Waals surface area contributed by atoms with E-state index >= 15 is 0 Å². The molecule has 3 rings (SSSR count). The SMILES string of the molecule is CCCCc1cn(Cc2ccccc2)nn1.O=C(O)CCCc1cn[nH]n1. The van der Waals surface area contributed by atoms with Crippen molar-refractivity contribution in [2.75, 3.05) is 0 Å². The number of unbranched alkanes of at least 4 members (excludes halogenated alkanes) is 1. The van der Waals surface area contributed by atoms with Gasteiger partial charge in [0.1, 0.15) is 0 Å². The zero-order valence-corrected chi connectivity index (χ0v) is 15.6. The second-order valence-electron chi connectivity index (χ2n) is 6.21. The van der Waals surface area contributed by atoms with Gasteiger partial charge in [0.05, 0.1) is 24.1 Å². The topological polar surface area (TPSA) is 110 Å². The molecule has 0 bridgehead atoms. The highest BCUT2D eigenvalue weighted by atomic mass is 16.4. The molecule has 144 valence electrons. The molecule has 2 N–H and O–H groups in total. The third kappa shape index (κ3) is 8.26. The normalized spacial score (nSPS) is 10.3. The van der Waals surface area contributed by atoms with Crippen LogP contribution in [0.1, 0.15) is 49.6 Å². The van der Waals surface area contributed by atoms with Crippen molar-refractivity contribution in [3.8, 4) is 0 Å². The lowest BCUT2D eigenvalue weighted by Crippen LogP contribution is -1.99. The van der Waals surface area contributed by atoms with Gasteiger partial charge in [-0.1, -0.05) is 48.9 Å². The number of hydrogen-bond donors (Lipinski definition) is 2. The molecule has 0 fully saturated rings. The Bertz CT molecular complexity index is 771. The number of rotatable bonds is 9. The van der Waals surface area contributed by atoms with Crippen molar-refractivity contribution in [3.05, 3.63) is 59.7 Å². The van der Waals surface area contributed by atoms with Gasteiger partial charge in [0, 0.05) is 12.6 Å². The van der Waals surface area contributed by atoms with Gasteiger partial charge < -0.3 is 5.11 Å². The fourth-order valence-electron chi connectivity index (χ4n) is 2.43. The van der Waals surface area contributed by atoms with E-state index in [9.17, 15) is 4.79 Å². The van der Waals surface area contributed by atoms with E-state index in [1.807, 2.05) is 29.1 Å². The summed E-state index contributed by atoms with van der Waals surface area (Å²) >= 11 is 0. The lowest BCUT2D eigenvalue weighted by molar-refractivity contribution is -0.137. The Morgan fingerprint density at radius 1 is 1.15 bits per heavy atom. The van der Waals surface area contributed by atoms with Crippen molar-refractivity contribution >= 4 is 5.97 Å². The molecular weight excluding hydrogens is 344 g/mol. The van der Waals surface area contributed by atoms with Gasteiger partial charge in [0.25, 0.3) is 0 Å². The summed E-state index contributed by atoms with van der Waals surface area (Å²) in [6.45, 7) is 2.99. The van der Waals surface area contributed by atoms with Crippen molar-refractivity contribution in [1.82, 2.24) is 30.4 Å². The summed E-state index contributed by atoms with van der Waals surface area (Å²) < 4.78 is 1.90. The Morgan fingerprint density at radius 3 is 2.59 bits per heavy atom. The zero-order chi connectivity index (χ0) is 19.3. The van der Waals surface area contributed by atoms with E-state index in [2.05, 4.69) is 44.8 Å². The minimum Gasteiger partial charge on any atom is -0.481 e. The highest BCUT2D eigenvalue weighted by Crippen LogP contribution is 2.04. The molecule has 8 nitrogen and oxygen atoms in total. The van der Waals surface area contributed by atoms with Crippen molar-refractivity contribution in [2.45, 2.75) is 52.0 Å². The van der Waals surface area contributed by atoms with Crippen LogP contribution in [0, 0.1) is 0 Å². The molecule has 0 radical (unpaired) electrons. The fourth-order valence-corrected chi connectivity index (χ4v) is 2.43. The van der Waals surface area contributed by atoms with Gasteiger partial charge in [-0.3, -0.25) is 4.79 Å². The number of aromatic nitrogens is 6. The summed E-state index contributed by atoms with van der Waals surface area (Å²) in [5.41, 5.74) is 3.17. The second kappa shape index (κ2) is 11.6. The van der Waals surface area contributed by atoms with Crippen molar-refractivity contribution in [2.24, 2.45) is 0 Å². The van der Waals surface area contributed by atoms with E-state index in [1.165, 1.54) is 18.4 Å². The maximum absolute atomic E-state index is 10.1. The first-order chi connectivity index (χ1) is 13.2. The van der Waals surface area contributed by atoms with Crippen molar-refractivity contribution in [3.63, 3.8) is 0 Å². The number of carboxylic acid groups (broad SMARTS) is 1. The number of carboxylic acids is 1. The minimum absolute atomic E-state index is 0.187. The van der Waals surface area contributed by atoms with E-state index < -0.39 is 5.97 Å². The molecule has 0 atom stereocenters. The molecule has 0 saturated carbocycles. The molecule has 2 heterocycles. The van der Waals surface area contributed by atoms with E-state index in [0.717, 1.165) is 24.4 Å². The lowest BCUT2D eigenvalue weighted by Gasteiger charge is -1.99. The van der Waals surface area contributed by atoms with Crippen LogP contribution in [0.4, 0.5) is 0 Å². The number of aryl methyl sites for hydroxylation is 2. The lowest BCUT2D eigenvalue weighted by atomic mass is 10.2. The number of aliphatic carboxylic acids is 1. The molecule has 2 aromatic heterocycles. The number of benzene rings is 1. The van der Waals surface area contributed by atoms with E-state index in [4.69, 9.17) is 5.11 Å². The number of nitrogens with zero attached hydrogens (tertiary/aromatic N) is 5. The molecule has 0 saturated heterocycles. The monoisotopic (exact) mass is 370 g/mol. The molecule has 8 heteroatoms. The van der Waals surface area contributed by atoms with Gasteiger partial charge >= 0.3 is 5.97 Å². The first-order valence-electron chi connectivity index (χ1n) is 9.16. The number of carbonyl (C=O) groups is 1. The average Bonchev–Trinajstić information content (AvgIpc) is 3.33. The quantitative estimate of drug-likeness (QED) is 0.599. The van der Waals surface area contributed by atoms with Crippen molar-refractivity contribution in [1.29, 1.82) is 0 Å². The van der Waals surface area contributed by atoms with Crippen molar-refractivity contribution < 1.29 is 9.90 Å². The van der Waals surface area contributed by atoms with Gasteiger partial charge in [-0.05, 0) is 31.2 Å². The largest absolute Gasteiger partial charge is 0.481 e. The second-order valence-corrected chi connectivity index (χ2v) is 6.21. The predicted octanol–water partition coefficient (Wildman–Crippen LogP) is 2.88. The summed E-state index contributed by atoms with van der Waals surface area (Å²) in [5.74, 6) is -0.770. The van der Waals surface area contributed by atoms with Crippen LogP contribution in [0.3, 0.4) is 0 Å². The van der Waals surface area contributed by atoms with Crippen LogP contribution < -0.4 is 0 Å². The fraction of sp³-hybridized carbons (Fsp3) is 0.421. The van der Waals surface area contributed by atoms with Gasteiger partial charge in [-0.2, -0.15) is 15.4 Å². The summed E-state index contributed by atoms with van der Waals surface area (Å²) in [5, 5.41) is 26.4. The molecule has 0 aliphatic heterocycles. The Balaban J connectivity index is 0.000000208. The van der Waals surface area contributed by atoms with Crippen LogP contribution in [-0.4, -0.2) is 41.5 Å². The van der Waals surface area contributed by atoms with Gasteiger partial charge in [0.2, 0.25) is 0 Å². The number of nitrogens with one attached hydrogen (secondary N) is 1. The summed E-state index contributed by atoms with van der Waals surface area (Å²) in [4.78, 5) is 10.1. The van der Waals surface area contributed by atoms with Crippen LogP contribution in [-0.2, 0) is 24.2 Å². The number of H-pyrrole nitrogens is 1. The first-order valence-corrected chi connectivity index (χ1v) is 9.16. The van der Waals surface area contributed by atoms with E-state index in [-0.39, 0.29) is 6.42 Å². The Hall–Kier alpha value is -3.03. The predicted molar refractivity (Wildman–Crippen MR) is 101 cm³/mol. The van der Waals surface area contributed by atoms with Gasteiger partial charge in [-0.25, -0.2) is 4.68 Å². The smallest absolute Gasteiger partial charge is 0.303 e. The Labute approximate surface area is 158 Å². The molecule has 1 aromatic carbocycles. The minimum atomic E-state index is -0.770. The van der Waals surface area contributed by atoms with E-state index in [0.29, 0.717) is 12.8 Å². The van der Waals surface area contributed by atoms with Crippen LogP contribution in [0.2, 0.25) is 0 Å². The summed E-state index contributed by atoms with van der Waals surface area (Å²) in [6, 6.07) is 10.3. The van der Waals surface area contributed by atoms with Gasteiger partial charge in [0.15, 0.2) is 0 Å². The maximum Gasteiger partial charge on any atom is 0.303 e. The number of hydrogen-bond acceptors (Lipinski definition) is 5. The maximum atomic E-state index is 10.1. The van der Waals surface area contributed by atoms with Gasteiger partial charge in [-0.15, -0.1) is 5.10 Å². The third-order valence-corrected chi connectivity index (χ3v) is 3.85. The summed E-state index contributed by atoms with van der Waals surface area (Å²) in [6.07, 6.45) is 8.53. The molecule has 0 amide bonds. The first kappa shape index (κ1) is 20.3. The molecule has 0 aliphatic carbocycles. The molecule has 0 unspecified atom stereocenters. The van der Waals surface area contributed by atoms with Crippen LogP contribution >= 0.6 is 0 Å². The standard InChI is InChI=1S/C13H17N3.C6H9N3O2/c1-2-3-9-13-11-16(15-14-13)10-12-7-5-4-6-8-12;10-6(11)3-1-2-5-4-7-9-8-5/h4-8,11H,2-3,9-10H2,1H3;4H,1-3H2,(H,10,11)(H,7,8,9).